The van der Waals surface area contributed by atoms with E-state index in [9.17, 15) is 9.59 Å². The zero-order valence-corrected chi connectivity index (χ0v) is 11.7. The lowest BCUT2D eigenvalue weighted by atomic mass is 10.1. The highest BCUT2D eigenvalue weighted by Gasteiger charge is 2.32. The van der Waals surface area contributed by atoms with Crippen LogP contribution in [-0.4, -0.2) is 28.9 Å². The summed E-state index contributed by atoms with van der Waals surface area (Å²) in [5.74, 6) is -0.917. The minimum absolute atomic E-state index is 0.0655. The summed E-state index contributed by atoms with van der Waals surface area (Å²) in [7, 11) is 0. The van der Waals surface area contributed by atoms with Crippen molar-refractivity contribution >= 4 is 45.1 Å². The molecule has 0 radical (unpaired) electrons. The lowest BCUT2D eigenvalue weighted by Crippen LogP contribution is -2.26. The quantitative estimate of drug-likeness (QED) is 0.866. The molecule has 1 amide bonds. The Labute approximate surface area is 118 Å². The summed E-state index contributed by atoms with van der Waals surface area (Å²) < 4.78 is 0. The second kappa shape index (κ2) is 5.28. The van der Waals surface area contributed by atoms with Crippen molar-refractivity contribution < 1.29 is 14.7 Å². The highest BCUT2D eigenvalue weighted by Crippen LogP contribution is 2.31. The molecule has 1 fully saturated rings. The summed E-state index contributed by atoms with van der Waals surface area (Å²) >= 11 is 9.22. The molecule has 1 heterocycles. The van der Waals surface area contributed by atoms with E-state index in [0.29, 0.717) is 23.7 Å². The van der Waals surface area contributed by atoms with Gasteiger partial charge in [0.25, 0.3) is 0 Å². The second-order valence-corrected chi connectivity index (χ2v) is 5.28. The fraction of sp³-hybridized carbons (Fsp3) is 0.333. The number of carbonyl (C=O) groups is 2. The van der Waals surface area contributed by atoms with E-state index < -0.39 is 5.97 Å². The summed E-state index contributed by atoms with van der Waals surface area (Å²) in [5.41, 5.74) is 0.478. The number of anilines is 1. The number of halogens is 2. The van der Waals surface area contributed by atoms with Crippen LogP contribution in [-0.2, 0) is 4.79 Å². The van der Waals surface area contributed by atoms with Crippen LogP contribution in [0.1, 0.15) is 16.8 Å². The molecule has 1 unspecified atom stereocenters. The molecular weight excluding hydrogens is 321 g/mol. The van der Waals surface area contributed by atoms with E-state index in [1.165, 1.54) is 23.1 Å². The van der Waals surface area contributed by atoms with Crippen LogP contribution in [0.3, 0.4) is 0 Å². The van der Waals surface area contributed by atoms with Crippen LogP contribution in [0, 0.1) is 5.92 Å². The molecule has 1 N–H and O–H groups in total. The van der Waals surface area contributed by atoms with Crippen LogP contribution >= 0.6 is 27.5 Å². The molecular formula is C12H11BrClNO3. The summed E-state index contributed by atoms with van der Waals surface area (Å²) in [6, 6.07) is 4.46. The van der Waals surface area contributed by atoms with Gasteiger partial charge in [0.1, 0.15) is 0 Å². The topological polar surface area (TPSA) is 57.6 Å². The van der Waals surface area contributed by atoms with Gasteiger partial charge in [0.2, 0.25) is 5.91 Å². The highest BCUT2D eigenvalue weighted by atomic mass is 79.9. The minimum Gasteiger partial charge on any atom is -0.478 e. The number of hydrogen-bond acceptors (Lipinski definition) is 2. The third-order valence-electron chi connectivity index (χ3n) is 2.90. The normalized spacial score (nSPS) is 19.3. The smallest absolute Gasteiger partial charge is 0.337 e. The number of carbonyl (C=O) groups excluding carboxylic acids is 1. The van der Waals surface area contributed by atoms with E-state index in [2.05, 4.69) is 15.9 Å². The number of carboxylic acids is 1. The first-order valence-electron chi connectivity index (χ1n) is 5.42. The Morgan fingerprint density at radius 2 is 2.28 bits per heavy atom. The Balaban J connectivity index is 2.41. The van der Waals surface area contributed by atoms with Crippen molar-refractivity contribution in [1.82, 2.24) is 0 Å². The molecule has 18 heavy (non-hydrogen) atoms. The van der Waals surface area contributed by atoms with Crippen LogP contribution in [0.4, 0.5) is 5.69 Å². The first kappa shape index (κ1) is 13.4. The fourth-order valence-corrected chi connectivity index (χ4v) is 2.63. The maximum Gasteiger partial charge on any atom is 0.337 e. The van der Waals surface area contributed by atoms with Crippen molar-refractivity contribution in [2.75, 3.05) is 16.8 Å². The van der Waals surface area contributed by atoms with Gasteiger partial charge >= 0.3 is 5.97 Å². The largest absolute Gasteiger partial charge is 0.478 e. The van der Waals surface area contributed by atoms with Gasteiger partial charge < -0.3 is 10.0 Å². The third kappa shape index (κ3) is 2.52. The molecule has 1 aliphatic heterocycles. The van der Waals surface area contributed by atoms with Crippen molar-refractivity contribution in [3.05, 3.63) is 28.8 Å². The number of alkyl halides is 1. The fourth-order valence-electron chi connectivity index (χ4n) is 2.03. The molecule has 0 saturated carbocycles. The predicted molar refractivity (Wildman–Crippen MR) is 72.7 cm³/mol. The van der Waals surface area contributed by atoms with Gasteiger partial charge in [-0.05, 0) is 24.1 Å². The van der Waals surface area contributed by atoms with E-state index in [0.717, 1.165) is 5.33 Å². The number of nitrogens with zero attached hydrogens (tertiary/aromatic N) is 1. The molecule has 96 valence electrons. The van der Waals surface area contributed by atoms with E-state index in [4.69, 9.17) is 16.7 Å². The second-order valence-electron chi connectivity index (χ2n) is 4.20. The van der Waals surface area contributed by atoms with E-state index in [-0.39, 0.29) is 17.4 Å². The highest BCUT2D eigenvalue weighted by molar-refractivity contribution is 9.09. The van der Waals surface area contributed by atoms with Gasteiger partial charge in [0, 0.05) is 23.3 Å². The Kier molecular flexibility index (Phi) is 3.92. The molecule has 6 heteroatoms. The minimum atomic E-state index is -1.06. The summed E-state index contributed by atoms with van der Waals surface area (Å²) in [5, 5.41) is 10.3. The summed E-state index contributed by atoms with van der Waals surface area (Å²) in [4.78, 5) is 24.6. The lowest BCUT2D eigenvalue weighted by molar-refractivity contribution is -0.117. The number of hydrogen-bond donors (Lipinski definition) is 1. The molecule has 1 atom stereocenters. The van der Waals surface area contributed by atoms with Gasteiger partial charge in [-0.1, -0.05) is 27.5 Å². The van der Waals surface area contributed by atoms with Gasteiger partial charge in [0.15, 0.2) is 0 Å². The van der Waals surface area contributed by atoms with Crippen molar-refractivity contribution in [2.24, 2.45) is 5.92 Å². The molecule has 0 spiro atoms. The number of carboxylic acid groups (broad SMARTS) is 1. The SMILES string of the molecule is O=C(O)c1ccc(Cl)cc1N1CC(CBr)CC1=O. The molecule has 1 aromatic carbocycles. The van der Waals surface area contributed by atoms with Crippen molar-refractivity contribution in [1.29, 1.82) is 0 Å². The Hall–Kier alpha value is -1.07. The zero-order valence-electron chi connectivity index (χ0n) is 9.40. The predicted octanol–water partition coefficient (Wildman–Crippen LogP) is 2.79. The van der Waals surface area contributed by atoms with Crippen LogP contribution in [0.2, 0.25) is 5.02 Å². The van der Waals surface area contributed by atoms with Gasteiger partial charge in [0.05, 0.1) is 11.3 Å². The molecule has 0 bridgehead atoms. The van der Waals surface area contributed by atoms with Crippen molar-refractivity contribution in [3.63, 3.8) is 0 Å². The molecule has 4 nitrogen and oxygen atoms in total. The average molecular weight is 333 g/mol. The van der Waals surface area contributed by atoms with Gasteiger partial charge in [-0.25, -0.2) is 4.79 Å². The molecule has 2 rings (SSSR count). The van der Waals surface area contributed by atoms with Crippen molar-refractivity contribution in [2.45, 2.75) is 6.42 Å². The number of rotatable bonds is 3. The first-order valence-corrected chi connectivity index (χ1v) is 6.92. The maximum absolute atomic E-state index is 11.9. The first-order chi connectivity index (χ1) is 8.52. The Morgan fingerprint density at radius 3 is 2.83 bits per heavy atom. The maximum atomic E-state index is 11.9. The van der Waals surface area contributed by atoms with Crippen LogP contribution in [0.15, 0.2) is 18.2 Å². The third-order valence-corrected chi connectivity index (χ3v) is 4.06. The van der Waals surface area contributed by atoms with E-state index >= 15 is 0 Å². The molecule has 1 saturated heterocycles. The van der Waals surface area contributed by atoms with Gasteiger partial charge in [-0.2, -0.15) is 0 Å². The van der Waals surface area contributed by atoms with Crippen LogP contribution in [0.5, 0.6) is 0 Å². The number of aromatic carboxylic acids is 1. The average Bonchev–Trinajstić information content (AvgIpc) is 2.70. The van der Waals surface area contributed by atoms with Crippen LogP contribution < -0.4 is 4.90 Å². The van der Waals surface area contributed by atoms with Crippen molar-refractivity contribution in [3.8, 4) is 0 Å². The Bertz CT molecular complexity index is 506. The summed E-state index contributed by atoms with van der Waals surface area (Å²) in [6.07, 6.45) is 0.427. The molecule has 1 aliphatic rings. The lowest BCUT2D eigenvalue weighted by Gasteiger charge is -2.19. The standard InChI is InChI=1S/C12H11BrClNO3/c13-5-7-3-11(16)15(6-7)10-4-8(14)1-2-9(10)12(17)18/h1-2,4,7H,3,5-6H2,(H,17,18). The summed E-state index contributed by atoms with van der Waals surface area (Å²) in [6.45, 7) is 0.519. The zero-order chi connectivity index (χ0) is 13.3. The Morgan fingerprint density at radius 1 is 1.56 bits per heavy atom. The molecule has 0 aromatic heterocycles. The molecule has 0 aliphatic carbocycles. The van der Waals surface area contributed by atoms with E-state index in [1.807, 2.05) is 0 Å². The monoisotopic (exact) mass is 331 g/mol. The van der Waals surface area contributed by atoms with E-state index in [1.54, 1.807) is 0 Å². The van der Waals surface area contributed by atoms with Gasteiger partial charge in [-0.15, -0.1) is 0 Å². The number of benzene rings is 1. The molecule has 1 aromatic rings. The van der Waals surface area contributed by atoms with Gasteiger partial charge in [-0.3, -0.25) is 4.79 Å². The number of amides is 1. The van der Waals surface area contributed by atoms with Crippen LogP contribution in [0.25, 0.3) is 0 Å².